The first-order valence-corrected chi connectivity index (χ1v) is 7.79. The predicted octanol–water partition coefficient (Wildman–Crippen LogP) is 3.28. The Morgan fingerprint density at radius 2 is 1.71 bits per heavy atom. The minimum absolute atomic E-state index is 1.03. The van der Waals surface area contributed by atoms with Gasteiger partial charge in [0.1, 0.15) is 0 Å². The van der Waals surface area contributed by atoms with Crippen LogP contribution in [0.1, 0.15) is 58.8 Å². The molecule has 1 rings (SSSR count). The van der Waals surface area contributed by atoms with E-state index < -0.39 is 0 Å². The van der Waals surface area contributed by atoms with Crippen LogP contribution in [0.5, 0.6) is 0 Å². The van der Waals surface area contributed by atoms with Crippen molar-refractivity contribution in [1.29, 1.82) is 0 Å². The molecular weight excluding hydrogens is 208 g/mol. The zero-order chi connectivity index (χ0) is 12.3. The molecule has 0 atom stereocenters. The Kier molecular flexibility index (Phi) is 8.72. The molecule has 2 nitrogen and oxygen atoms in total. The minimum atomic E-state index is 1.03. The lowest BCUT2D eigenvalue weighted by atomic mass is 9.87. The van der Waals surface area contributed by atoms with Crippen LogP contribution in [0.15, 0.2) is 0 Å². The molecule has 0 aliphatic heterocycles. The summed E-state index contributed by atoms with van der Waals surface area (Å²) in [5.74, 6) is 1.03. The van der Waals surface area contributed by atoms with Gasteiger partial charge in [-0.05, 0) is 51.5 Å². The molecule has 1 N–H and O–H groups in total. The third-order valence-electron chi connectivity index (χ3n) is 4.18. The smallest absolute Gasteiger partial charge is 0.000687 e. The van der Waals surface area contributed by atoms with Gasteiger partial charge in [0.2, 0.25) is 0 Å². The highest BCUT2D eigenvalue weighted by molar-refractivity contribution is 4.67. The van der Waals surface area contributed by atoms with Gasteiger partial charge in [0.15, 0.2) is 0 Å². The Morgan fingerprint density at radius 3 is 2.35 bits per heavy atom. The van der Waals surface area contributed by atoms with Gasteiger partial charge in [-0.25, -0.2) is 0 Å². The third-order valence-corrected chi connectivity index (χ3v) is 4.18. The summed E-state index contributed by atoms with van der Waals surface area (Å²) in [6.45, 7) is 10.6. The van der Waals surface area contributed by atoms with Gasteiger partial charge in [-0.15, -0.1) is 0 Å². The van der Waals surface area contributed by atoms with Crippen LogP contribution in [-0.2, 0) is 0 Å². The van der Waals surface area contributed by atoms with Gasteiger partial charge in [0.25, 0.3) is 0 Å². The van der Waals surface area contributed by atoms with Gasteiger partial charge < -0.3 is 10.2 Å². The van der Waals surface area contributed by atoms with E-state index in [0.29, 0.717) is 0 Å². The third kappa shape index (κ3) is 7.05. The molecule has 0 unspecified atom stereocenters. The van der Waals surface area contributed by atoms with E-state index in [1.807, 2.05) is 0 Å². The molecule has 0 bridgehead atoms. The standard InChI is InChI=1S/C15H32N2/c1-3-17(4-2)14-8-12-16-13-11-15-9-6-5-7-10-15/h15-16H,3-14H2,1-2H3. The molecule has 2 heteroatoms. The average molecular weight is 240 g/mol. The molecule has 1 fully saturated rings. The largest absolute Gasteiger partial charge is 0.317 e. The first kappa shape index (κ1) is 15.0. The van der Waals surface area contributed by atoms with E-state index in [9.17, 15) is 0 Å². The van der Waals surface area contributed by atoms with Crippen molar-refractivity contribution in [3.63, 3.8) is 0 Å². The summed E-state index contributed by atoms with van der Waals surface area (Å²) in [6, 6.07) is 0. The Balaban J connectivity index is 1.86. The molecule has 0 spiro atoms. The van der Waals surface area contributed by atoms with Gasteiger partial charge in [0.05, 0.1) is 0 Å². The van der Waals surface area contributed by atoms with E-state index in [1.54, 1.807) is 0 Å². The molecule has 0 aromatic rings. The fourth-order valence-corrected chi connectivity index (χ4v) is 2.87. The quantitative estimate of drug-likeness (QED) is 0.622. The van der Waals surface area contributed by atoms with Crippen molar-refractivity contribution >= 4 is 0 Å². The molecule has 0 aromatic carbocycles. The van der Waals surface area contributed by atoms with Gasteiger partial charge in [0, 0.05) is 0 Å². The normalized spacial score (nSPS) is 17.8. The van der Waals surface area contributed by atoms with Crippen LogP contribution in [0.2, 0.25) is 0 Å². The Labute approximate surface area is 108 Å². The van der Waals surface area contributed by atoms with E-state index >= 15 is 0 Å². The second-order valence-electron chi connectivity index (χ2n) is 5.42. The van der Waals surface area contributed by atoms with Crippen molar-refractivity contribution in [3.05, 3.63) is 0 Å². The minimum Gasteiger partial charge on any atom is -0.317 e. The molecule has 1 saturated carbocycles. The van der Waals surface area contributed by atoms with Gasteiger partial charge in [-0.2, -0.15) is 0 Å². The molecule has 1 aliphatic rings. The molecule has 0 heterocycles. The van der Waals surface area contributed by atoms with E-state index in [4.69, 9.17) is 0 Å². The summed E-state index contributed by atoms with van der Waals surface area (Å²) in [5.41, 5.74) is 0. The fourth-order valence-electron chi connectivity index (χ4n) is 2.87. The Bertz CT molecular complexity index is 160. The number of nitrogens with zero attached hydrogens (tertiary/aromatic N) is 1. The van der Waals surface area contributed by atoms with Crippen molar-refractivity contribution in [1.82, 2.24) is 10.2 Å². The molecule has 0 aromatic heterocycles. The van der Waals surface area contributed by atoms with Crippen LogP contribution in [-0.4, -0.2) is 37.6 Å². The van der Waals surface area contributed by atoms with E-state index in [1.165, 1.54) is 77.7 Å². The summed E-state index contributed by atoms with van der Waals surface area (Å²) in [6.07, 6.45) is 10.1. The van der Waals surface area contributed by atoms with Crippen LogP contribution in [0.25, 0.3) is 0 Å². The van der Waals surface area contributed by atoms with Crippen LogP contribution in [0.4, 0.5) is 0 Å². The lowest BCUT2D eigenvalue weighted by Crippen LogP contribution is -2.28. The van der Waals surface area contributed by atoms with E-state index in [0.717, 1.165) is 5.92 Å². The summed E-state index contributed by atoms with van der Waals surface area (Å²) < 4.78 is 0. The lowest BCUT2D eigenvalue weighted by Gasteiger charge is -2.21. The maximum absolute atomic E-state index is 3.61. The maximum atomic E-state index is 3.61. The summed E-state index contributed by atoms with van der Waals surface area (Å²) in [4.78, 5) is 2.50. The lowest BCUT2D eigenvalue weighted by molar-refractivity contribution is 0.295. The van der Waals surface area contributed by atoms with Crippen LogP contribution in [0, 0.1) is 5.92 Å². The van der Waals surface area contributed by atoms with Gasteiger partial charge >= 0.3 is 0 Å². The summed E-state index contributed by atoms with van der Waals surface area (Å²) in [5, 5.41) is 3.61. The first-order chi connectivity index (χ1) is 8.36. The fraction of sp³-hybridized carbons (Fsp3) is 1.00. The molecule has 0 amide bonds. The van der Waals surface area contributed by atoms with Crippen LogP contribution >= 0.6 is 0 Å². The highest BCUT2D eigenvalue weighted by Gasteiger charge is 2.12. The van der Waals surface area contributed by atoms with Crippen molar-refractivity contribution < 1.29 is 0 Å². The van der Waals surface area contributed by atoms with Crippen molar-refractivity contribution in [2.45, 2.75) is 58.8 Å². The maximum Gasteiger partial charge on any atom is -0.000687 e. The zero-order valence-corrected chi connectivity index (χ0v) is 12.0. The zero-order valence-electron chi connectivity index (χ0n) is 12.0. The molecular formula is C15H32N2. The number of hydrogen-bond acceptors (Lipinski definition) is 2. The Morgan fingerprint density at radius 1 is 1.00 bits per heavy atom. The van der Waals surface area contributed by atoms with Crippen LogP contribution in [0.3, 0.4) is 0 Å². The number of hydrogen-bond donors (Lipinski definition) is 1. The molecule has 0 radical (unpaired) electrons. The molecule has 102 valence electrons. The van der Waals surface area contributed by atoms with E-state index in [-0.39, 0.29) is 0 Å². The predicted molar refractivity (Wildman–Crippen MR) is 76.5 cm³/mol. The van der Waals surface area contributed by atoms with Gasteiger partial charge in [-0.3, -0.25) is 0 Å². The average Bonchev–Trinajstić information content (AvgIpc) is 2.39. The first-order valence-electron chi connectivity index (χ1n) is 7.79. The number of nitrogens with one attached hydrogen (secondary N) is 1. The highest BCUT2D eigenvalue weighted by atomic mass is 15.1. The highest BCUT2D eigenvalue weighted by Crippen LogP contribution is 2.25. The SMILES string of the molecule is CCN(CC)CCCNCCC1CCCCC1. The molecule has 17 heavy (non-hydrogen) atoms. The number of rotatable bonds is 9. The van der Waals surface area contributed by atoms with Crippen molar-refractivity contribution in [2.24, 2.45) is 5.92 Å². The van der Waals surface area contributed by atoms with E-state index in [2.05, 4.69) is 24.1 Å². The molecule has 0 saturated heterocycles. The van der Waals surface area contributed by atoms with Gasteiger partial charge in [-0.1, -0.05) is 46.0 Å². The van der Waals surface area contributed by atoms with Crippen LogP contribution < -0.4 is 5.32 Å². The van der Waals surface area contributed by atoms with Crippen molar-refractivity contribution in [3.8, 4) is 0 Å². The molecule has 1 aliphatic carbocycles. The second kappa shape index (κ2) is 9.90. The summed E-state index contributed by atoms with van der Waals surface area (Å²) in [7, 11) is 0. The monoisotopic (exact) mass is 240 g/mol. The summed E-state index contributed by atoms with van der Waals surface area (Å²) >= 11 is 0. The second-order valence-corrected chi connectivity index (χ2v) is 5.42. The van der Waals surface area contributed by atoms with Crippen molar-refractivity contribution in [2.75, 3.05) is 32.7 Å². The topological polar surface area (TPSA) is 15.3 Å². The Hall–Kier alpha value is -0.0800.